The zero-order valence-corrected chi connectivity index (χ0v) is 24.1. The number of hydrogen-bond donors (Lipinski definition) is 0. The van der Waals surface area contributed by atoms with Crippen molar-refractivity contribution in [2.75, 3.05) is 0 Å². The number of hydrogen-bond acceptors (Lipinski definition) is 3. The Morgan fingerprint density at radius 2 is 1.61 bits per heavy atom. The molecule has 1 aromatic heterocycles. The highest BCUT2D eigenvalue weighted by Gasteiger charge is 2.60. The van der Waals surface area contributed by atoms with Crippen LogP contribution in [-0.2, 0) is 11.3 Å². The van der Waals surface area contributed by atoms with Crippen LogP contribution in [0, 0.1) is 46.3 Å². The third-order valence-corrected chi connectivity index (χ3v) is 11.0. The zero-order valence-electron chi connectivity index (χ0n) is 24.1. The van der Waals surface area contributed by atoms with Gasteiger partial charge in [0.05, 0.1) is 5.52 Å². The number of benzene rings is 1. The van der Waals surface area contributed by atoms with E-state index >= 15 is 0 Å². The van der Waals surface area contributed by atoms with Crippen LogP contribution in [0.5, 0.6) is 0 Å². The predicted octanol–water partition coefficient (Wildman–Crippen LogP) is 8.35. The van der Waals surface area contributed by atoms with E-state index in [9.17, 15) is 4.79 Å². The Morgan fingerprint density at radius 1 is 0.917 bits per heavy atom. The van der Waals surface area contributed by atoms with Gasteiger partial charge in [0.25, 0.3) is 0 Å². The van der Waals surface area contributed by atoms with E-state index in [1.54, 1.807) is 0 Å². The van der Waals surface area contributed by atoms with Crippen LogP contribution in [0.4, 0.5) is 0 Å². The molecule has 0 bridgehead atoms. The molecule has 4 heteroatoms. The molecule has 1 aromatic carbocycles. The lowest BCUT2D eigenvalue weighted by molar-refractivity contribution is -0.137. The molecule has 0 saturated heterocycles. The Kier molecular flexibility index (Phi) is 8.32. The molecule has 0 amide bonds. The van der Waals surface area contributed by atoms with Crippen LogP contribution in [0.2, 0.25) is 0 Å². The van der Waals surface area contributed by atoms with Gasteiger partial charge in [0, 0.05) is 5.92 Å². The van der Waals surface area contributed by atoms with Crippen molar-refractivity contribution in [2.24, 2.45) is 46.3 Å². The number of Topliss-reactive ketones (excluding diaryl/α,β-unsaturated/α-hetero) is 1. The zero-order chi connectivity index (χ0) is 26.1. The summed E-state index contributed by atoms with van der Waals surface area (Å²) in [5.41, 5.74) is 2.59. The summed E-state index contributed by atoms with van der Waals surface area (Å²) in [6, 6.07) is 7.98. The maximum absolute atomic E-state index is 13.6. The Bertz CT molecular complexity index is 1030. The summed E-state index contributed by atoms with van der Waals surface area (Å²) >= 11 is 0. The topological polar surface area (TPSA) is 47.8 Å². The molecule has 4 aliphatic rings. The number of fused-ring (bicyclic) bond motifs is 6. The van der Waals surface area contributed by atoms with Crippen LogP contribution >= 0.6 is 0 Å². The van der Waals surface area contributed by atoms with Gasteiger partial charge in [0.1, 0.15) is 12.1 Å². The van der Waals surface area contributed by atoms with Crippen LogP contribution in [0.1, 0.15) is 106 Å². The van der Waals surface area contributed by atoms with Crippen molar-refractivity contribution in [3.8, 4) is 0 Å². The molecular weight excluding hydrogens is 442 g/mol. The average molecular weight is 494 g/mol. The number of nitrogens with zero attached hydrogens (tertiary/aromatic N) is 3. The minimum atomic E-state index is 0.180. The van der Waals surface area contributed by atoms with Gasteiger partial charge < -0.3 is 0 Å². The lowest BCUT2D eigenvalue weighted by Crippen LogP contribution is -2.53. The maximum Gasteiger partial charge on any atom is 0.157 e. The van der Waals surface area contributed by atoms with Crippen molar-refractivity contribution >= 4 is 16.8 Å². The summed E-state index contributed by atoms with van der Waals surface area (Å²) in [4.78, 5) is 13.6. The second-order valence-electron chi connectivity index (χ2n) is 12.4. The van der Waals surface area contributed by atoms with E-state index in [0.29, 0.717) is 17.7 Å². The second kappa shape index (κ2) is 11.0. The molecule has 36 heavy (non-hydrogen) atoms. The fourth-order valence-corrected chi connectivity index (χ4v) is 9.29. The minimum Gasteiger partial charge on any atom is -0.297 e. The van der Waals surface area contributed by atoms with Gasteiger partial charge >= 0.3 is 0 Å². The number of rotatable bonds is 3. The molecule has 200 valence electrons. The van der Waals surface area contributed by atoms with Crippen LogP contribution in [0.15, 0.2) is 24.3 Å². The average Bonchev–Trinajstić information content (AvgIpc) is 3.47. The van der Waals surface area contributed by atoms with Gasteiger partial charge in [-0.2, -0.15) is 0 Å². The third kappa shape index (κ3) is 4.45. The first-order valence-corrected chi connectivity index (χ1v) is 15.2. The lowest BCUT2D eigenvalue weighted by Gasteiger charge is -2.61. The number of aromatic nitrogens is 3. The van der Waals surface area contributed by atoms with Crippen LogP contribution < -0.4 is 0 Å². The number of para-hydroxylation sites is 1. The molecular formula is C32H51N3O. The molecule has 4 aliphatic carbocycles. The highest BCUT2D eigenvalue weighted by molar-refractivity contribution is 5.84. The highest BCUT2D eigenvalue weighted by Crippen LogP contribution is 2.67. The van der Waals surface area contributed by atoms with Crippen molar-refractivity contribution in [2.45, 2.75) is 113 Å². The van der Waals surface area contributed by atoms with E-state index in [4.69, 9.17) is 0 Å². The molecule has 4 saturated carbocycles. The Labute approximate surface area is 220 Å². The van der Waals surface area contributed by atoms with Crippen molar-refractivity contribution < 1.29 is 4.79 Å². The van der Waals surface area contributed by atoms with E-state index in [1.807, 2.05) is 56.6 Å². The van der Waals surface area contributed by atoms with E-state index < -0.39 is 0 Å². The molecule has 2 aromatic rings. The van der Waals surface area contributed by atoms with Gasteiger partial charge in [0.15, 0.2) is 5.78 Å². The Balaban J connectivity index is 0.000000726. The molecule has 8 atom stereocenters. The van der Waals surface area contributed by atoms with Crippen LogP contribution in [-0.4, -0.2) is 20.8 Å². The van der Waals surface area contributed by atoms with E-state index in [0.717, 1.165) is 47.0 Å². The normalized spacial score (nSPS) is 39.0. The molecule has 0 aliphatic heterocycles. The molecule has 1 heterocycles. The molecule has 0 N–H and O–H groups in total. The number of carbonyl (C=O) groups is 1. The minimum absolute atomic E-state index is 0.180. The molecule has 6 rings (SSSR count). The lowest BCUT2D eigenvalue weighted by atomic mass is 9.44. The predicted molar refractivity (Wildman–Crippen MR) is 150 cm³/mol. The van der Waals surface area contributed by atoms with Crippen LogP contribution in [0.3, 0.4) is 0 Å². The van der Waals surface area contributed by atoms with Gasteiger partial charge in [-0.25, -0.2) is 4.68 Å². The quantitative estimate of drug-likeness (QED) is 0.431. The first kappa shape index (κ1) is 27.3. The van der Waals surface area contributed by atoms with Gasteiger partial charge in [0.2, 0.25) is 0 Å². The largest absolute Gasteiger partial charge is 0.297 e. The van der Waals surface area contributed by atoms with Crippen molar-refractivity contribution in [3.63, 3.8) is 0 Å². The van der Waals surface area contributed by atoms with Crippen molar-refractivity contribution in [1.82, 2.24) is 15.0 Å². The Morgan fingerprint density at radius 3 is 2.39 bits per heavy atom. The van der Waals surface area contributed by atoms with Gasteiger partial charge in [-0.15, -0.1) is 5.10 Å². The van der Waals surface area contributed by atoms with E-state index in [2.05, 4.69) is 31.1 Å². The molecule has 0 radical (unpaired) electrons. The molecule has 0 spiro atoms. The highest BCUT2D eigenvalue weighted by atomic mass is 16.1. The van der Waals surface area contributed by atoms with E-state index in [-0.39, 0.29) is 11.3 Å². The summed E-state index contributed by atoms with van der Waals surface area (Å²) in [5, 5.41) is 8.57. The molecule has 4 nitrogen and oxygen atoms in total. The van der Waals surface area contributed by atoms with Gasteiger partial charge in [-0.1, -0.05) is 72.2 Å². The monoisotopic (exact) mass is 493 g/mol. The smallest absolute Gasteiger partial charge is 0.157 e. The summed E-state index contributed by atoms with van der Waals surface area (Å²) in [7, 11) is 0. The third-order valence-electron chi connectivity index (χ3n) is 11.0. The number of ketones is 1. The first-order valence-electron chi connectivity index (χ1n) is 15.2. The van der Waals surface area contributed by atoms with Crippen LogP contribution in [0.25, 0.3) is 11.0 Å². The maximum atomic E-state index is 13.6. The molecule has 5 unspecified atom stereocenters. The fourth-order valence-electron chi connectivity index (χ4n) is 9.29. The van der Waals surface area contributed by atoms with E-state index in [1.165, 1.54) is 51.4 Å². The summed E-state index contributed by atoms with van der Waals surface area (Å²) in [5.74, 6) is 4.90. The standard InChI is InChI=1S/C28H39N3O.2C2H6/c1-18-12-14-27(2)19(16-18)8-9-20-21-10-11-23(28(21,3)15-13-22(20)27)26(32)17-31-25-7-5-4-6-24(25)29-30-31;2*1-2/h4-7,18-23H,8-17H2,1-3H3;2*1-2H3/t18-,19?,20?,21?,22?,23+,27-,28?;;/m0../s1. The number of carbonyl (C=O) groups excluding carboxylic acids is 1. The van der Waals surface area contributed by atoms with Gasteiger partial charge in [-0.3, -0.25) is 4.79 Å². The van der Waals surface area contributed by atoms with Crippen molar-refractivity contribution in [3.05, 3.63) is 24.3 Å². The fraction of sp³-hybridized carbons (Fsp3) is 0.781. The summed E-state index contributed by atoms with van der Waals surface area (Å²) in [6.07, 6.45) is 12.1. The first-order chi connectivity index (χ1) is 17.4. The molecule has 4 fully saturated rings. The summed E-state index contributed by atoms with van der Waals surface area (Å²) < 4.78 is 1.83. The second-order valence-corrected chi connectivity index (χ2v) is 12.4. The summed E-state index contributed by atoms with van der Waals surface area (Å²) in [6.45, 7) is 16.0. The Hall–Kier alpha value is -1.71. The SMILES string of the molecule is CC.CC.C[C@H]1CC[C@@]2(C)C(CCC3C4CC[C@H](C(=O)Cn5nnc6ccccc65)C4(C)CCC32)C1. The van der Waals surface area contributed by atoms with Gasteiger partial charge in [-0.05, 0) is 104 Å². The van der Waals surface area contributed by atoms with Crippen molar-refractivity contribution in [1.29, 1.82) is 0 Å².